The van der Waals surface area contributed by atoms with Crippen molar-refractivity contribution in [3.05, 3.63) is 124 Å². The molecular formula is C34H29ClN2O6. The molecule has 2 N–H and O–H groups in total. The Morgan fingerprint density at radius 2 is 1.67 bits per heavy atom. The molecule has 0 amide bonds. The molecule has 1 heterocycles. The lowest BCUT2D eigenvalue weighted by molar-refractivity contribution is -0.136. The molecule has 0 aromatic heterocycles. The summed E-state index contributed by atoms with van der Waals surface area (Å²) in [6.45, 7) is 4.43. The number of esters is 1. The Morgan fingerprint density at radius 3 is 2.40 bits per heavy atom. The molecule has 0 saturated carbocycles. The van der Waals surface area contributed by atoms with E-state index in [4.69, 9.17) is 41.0 Å². The largest absolute Gasteiger partial charge is 0.490 e. The van der Waals surface area contributed by atoms with Crippen LogP contribution in [0.3, 0.4) is 0 Å². The molecule has 0 spiro atoms. The number of carbonyl (C=O) groups is 1. The topological polar surface area (TPSA) is 113 Å². The van der Waals surface area contributed by atoms with Crippen LogP contribution in [0.1, 0.15) is 35.1 Å². The van der Waals surface area contributed by atoms with Gasteiger partial charge in [0.05, 0.1) is 12.5 Å². The van der Waals surface area contributed by atoms with Crippen LogP contribution in [0, 0.1) is 18.3 Å². The summed E-state index contributed by atoms with van der Waals surface area (Å²) in [4.78, 5) is 12.4. The fraction of sp³-hybridized carbons (Fsp3) is 0.176. The van der Waals surface area contributed by atoms with Gasteiger partial charge in [-0.2, -0.15) is 5.26 Å². The summed E-state index contributed by atoms with van der Waals surface area (Å²) in [5.41, 5.74) is 10.1. The SMILES string of the molecule is CCOc1cc(C2C(C#N)=C(N)Oc3cc(OC(=O)COc4ccc(Cl)cc4)ccc32)ccc1OCc1ccc(C)cc1. The Hall–Kier alpha value is -5.13. The minimum Gasteiger partial charge on any atom is -0.490 e. The van der Waals surface area contributed by atoms with Crippen molar-refractivity contribution in [1.29, 1.82) is 5.26 Å². The van der Waals surface area contributed by atoms with E-state index in [1.54, 1.807) is 42.5 Å². The third kappa shape index (κ3) is 7.03. The monoisotopic (exact) mass is 596 g/mol. The van der Waals surface area contributed by atoms with E-state index in [-0.39, 0.29) is 23.8 Å². The summed E-state index contributed by atoms with van der Waals surface area (Å²) in [5.74, 6) is 1.03. The smallest absolute Gasteiger partial charge is 0.349 e. The van der Waals surface area contributed by atoms with E-state index in [0.717, 1.165) is 11.1 Å². The van der Waals surface area contributed by atoms with E-state index in [1.165, 1.54) is 5.56 Å². The first-order valence-electron chi connectivity index (χ1n) is 13.6. The number of benzene rings is 4. The predicted octanol–water partition coefficient (Wildman–Crippen LogP) is 6.83. The molecule has 0 bridgehead atoms. The number of hydrogen-bond acceptors (Lipinski definition) is 8. The molecule has 43 heavy (non-hydrogen) atoms. The fourth-order valence-electron chi connectivity index (χ4n) is 4.61. The van der Waals surface area contributed by atoms with Crippen molar-refractivity contribution >= 4 is 17.6 Å². The second-order valence-corrected chi connectivity index (χ2v) is 10.2. The maximum Gasteiger partial charge on any atom is 0.349 e. The van der Waals surface area contributed by atoms with Crippen LogP contribution in [0.25, 0.3) is 0 Å². The van der Waals surface area contributed by atoms with E-state index < -0.39 is 11.9 Å². The van der Waals surface area contributed by atoms with Crippen LogP contribution in [-0.4, -0.2) is 19.2 Å². The van der Waals surface area contributed by atoms with E-state index in [0.29, 0.717) is 46.8 Å². The van der Waals surface area contributed by atoms with Gasteiger partial charge in [0.15, 0.2) is 18.1 Å². The molecular weight excluding hydrogens is 568 g/mol. The van der Waals surface area contributed by atoms with Crippen LogP contribution < -0.4 is 29.4 Å². The maximum absolute atomic E-state index is 12.4. The van der Waals surface area contributed by atoms with Crippen LogP contribution in [0.4, 0.5) is 0 Å². The molecule has 9 heteroatoms. The lowest BCUT2D eigenvalue weighted by Crippen LogP contribution is -2.22. The first-order chi connectivity index (χ1) is 20.8. The molecule has 5 rings (SSSR count). The zero-order valence-corrected chi connectivity index (χ0v) is 24.4. The highest BCUT2D eigenvalue weighted by Crippen LogP contribution is 2.45. The molecule has 4 aromatic carbocycles. The van der Waals surface area contributed by atoms with Gasteiger partial charge in [0, 0.05) is 16.7 Å². The van der Waals surface area contributed by atoms with Crippen molar-refractivity contribution in [3.8, 4) is 34.8 Å². The zero-order valence-electron chi connectivity index (χ0n) is 23.6. The number of allylic oxidation sites excluding steroid dienone is 1. The molecule has 0 saturated heterocycles. The Kier molecular flexibility index (Phi) is 9.04. The quantitative estimate of drug-likeness (QED) is 0.157. The average Bonchev–Trinajstić information content (AvgIpc) is 3.00. The Bertz CT molecular complexity index is 1690. The lowest BCUT2D eigenvalue weighted by atomic mass is 9.83. The summed E-state index contributed by atoms with van der Waals surface area (Å²) in [7, 11) is 0. The standard InChI is InChI=1S/C34H29ClN2O6/c1-3-39-31-16-23(8-15-29(31)41-19-22-6-4-21(2)5-7-22)33-27-14-13-26(17-30(27)43-34(37)28(33)18-36)42-32(38)20-40-25-11-9-24(35)10-12-25/h4-17,33H,3,19-20,37H2,1-2H3. The van der Waals surface area contributed by atoms with Crippen molar-refractivity contribution < 1.29 is 28.5 Å². The molecule has 8 nitrogen and oxygen atoms in total. The average molecular weight is 597 g/mol. The molecule has 0 aliphatic carbocycles. The number of nitrogens with two attached hydrogens (primary N) is 1. The van der Waals surface area contributed by atoms with Crippen LogP contribution in [0.15, 0.2) is 96.4 Å². The highest BCUT2D eigenvalue weighted by atomic mass is 35.5. The highest BCUT2D eigenvalue weighted by molar-refractivity contribution is 6.30. The second-order valence-electron chi connectivity index (χ2n) is 9.75. The van der Waals surface area contributed by atoms with Crippen molar-refractivity contribution in [2.24, 2.45) is 5.73 Å². The van der Waals surface area contributed by atoms with Gasteiger partial charge in [-0.05, 0) is 67.4 Å². The number of aryl methyl sites for hydroxylation is 1. The van der Waals surface area contributed by atoms with Gasteiger partial charge in [-0.25, -0.2) is 4.79 Å². The van der Waals surface area contributed by atoms with E-state index in [1.807, 2.05) is 56.3 Å². The number of nitriles is 1. The van der Waals surface area contributed by atoms with E-state index >= 15 is 0 Å². The molecule has 0 fully saturated rings. The first kappa shape index (κ1) is 29.4. The van der Waals surface area contributed by atoms with Gasteiger partial charge in [-0.15, -0.1) is 0 Å². The van der Waals surface area contributed by atoms with Crippen LogP contribution in [-0.2, 0) is 11.4 Å². The Labute approximate surface area is 254 Å². The number of ether oxygens (including phenoxy) is 5. The summed E-state index contributed by atoms with van der Waals surface area (Å²) in [6.07, 6.45) is 0. The van der Waals surface area contributed by atoms with E-state index in [2.05, 4.69) is 6.07 Å². The molecule has 1 atom stereocenters. The fourth-order valence-corrected chi connectivity index (χ4v) is 4.74. The van der Waals surface area contributed by atoms with Crippen LogP contribution in [0.5, 0.6) is 28.7 Å². The Morgan fingerprint density at radius 1 is 0.930 bits per heavy atom. The van der Waals surface area contributed by atoms with Gasteiger partial charge in [-0.1, -0.05) is 53.6 Å². The van der Waals surface area contributed by atoms with Crippen molar-refractivity contribution in [2.75, 3.05) is 13.2 Å². The summed E-state index contributed by atoms with van der Waals surface area (Å²) in [5, 5.41) is 10.6. The molecule has 0 radical (unpaired) electrons. The summed E-state index contributed by atoms with van der Waals surface area (Å²) in [6, 6.07) is 27.4. The maximum atomic E-state index is 12.4. The van der Waals surface area contributed by atoms with Crippen molar-refractivity contribution in [2.45, 2.75) is 26.4 Å². The van der Waals surface area contributed by atoms with Gasteiger partial charge in [0.25, 0.3) is 0 Å². The van der Waals surface area contributed by atoms with Gasteiger partial charge < -0.3 is 29.4 Å². The van der Waals surface area contributed by atoms with Gasteiger partial charge in [0.2, 0.25) is 5.88 Å². The number of carbonyl (C=O) groups excluding carboxylic acids is 1. The number of fused-ring (bicyclic) bond motifs is 1. The Balaban J connectivity index is 1.36. The molecule has 218 valence electrons. The summed E-state index contributed by atoms with van der Waals surface area (Å²) < 4.78 is 28.7. The lowest BCUT2D eigenvalue weighted by Gasteiger charge is -2.27. The number of halogens is 1. The van der Waals surface area contributed by atoms with Crippen LogP contribution in [0.2, 0.25) is 5.02 Å². The van der Waals surface area contributed by atoms with E-state index in [9.17, 15) is 10.1 Å². The second kappa shape index (κ2) is 13.2. The van der Waals surface area contributed by atoms with Gasteiger partial charge in [-0.3, -0.25) is 0 Å². The van der Waals surface area contributed by atoms with Gasteiger partial charge in [0.1, 0.15) is 35.5 Å². The zero-order chi connectivity index (χ0) is 30.3. The molecule has 1 unspecified atom stereocenters. The summed E-state index contributed by atoms with van der Waals surface area (Å²) >= 11 is 5.88. The highest BCUT2D eigenvalue weighted by Gasteiger charge is 2.32. The normalized spacial score (nSPS) is 13.8. The van der Waals surface area contributed by atoms with Crippen molar-refractivity contribution in [3.63, 3.8) is 0 Å². The molecule has 4 aromatic rings. The minimum atomic E-state index is -0.605. The molecule has 1 aliphatic heterocycles. The predicted molar refractivity (Wildman–Crippen MR) is 161 cm³/mol. The number of hydrogen-bond donors (Lipinski definition) is 1. The third-order valence-electron chi connectivity index (χ3n) is 6.71. The first-order valence-corrected chi connectivity index (χ1v) is 14.0. The molecule has 1 aliphatic rings. The van der Waals surface area contributed by atoms with Crippen molar-refractivity contribution in [1.82, 2.24) is 0 Å². The van der Waals surface area contributed by atoms with Crippen LogP contribution >= 0.6 is 11.6 Å². The minimum absolute atomic E-state index is 0.0350. The number of rotatable bonds is 10. The van der Waals surface area contributed by atoms with Gasteiger partial charge >= 0.3 is 5.97 Å². The third-order valence-corrected chi connectivity index (χ3v) is 6.96. The number of nitrogens with zero attached hydrogens (tertiary/aromatic N) is 1.